The van der Waals surface area contributed by atoms with E-state index in [9.17, 15) is 4.79 Å². The lowest BCUT2D eigenvalue weighted by Gasteiger charge is -2.34. The van der Waals surface area contributed by atoms with E-state index in [-0.39, 0.29) is 11.9 Å². The molecule has 3 rings (SSSR count). The van der Waals surface area contributed by atoms with Crippen molar-refractivity contribution in [3.63, 3.8) is 0 Å². The quantitative estimate of drug-likeness (QED) is 0.824. The minimum absolute atomic E-state index is 0.0406. The van der Waals surface area contributed by atoms with Crippen molar-refractivity contribution in [2.45, 2.75) is 33.0 Å². The maximum Gasteiger partial charge on any atom is 0.234 e. The predicted molar refractivity (Wildman–Crippen MR) is 94.9 cm³/mol. The van der Waals surface area contributed by atoms with E-state index in [4.69, 9.17) is 4.42 Å². The molecule has 136 valence electrons. The van der Waals surface area contributed by atoms with E-state index >= 15 is 0 Å². The average molecular weight is 345 g/mol. The molecule has 1 aliphatic heterocycles. The van der Waals surface area contributed by atoms with E-state index in [0.29, 0.717) is 6.54 Å². The highest BCUT2D eigenvalue weighted by atomic mass is 16.3. The molecule has 0 bridgehead atoms. The van der Waals surface area contributed by atoms with Gasteiger partial charge in [0.25, 0.3) is 0 Å². The molecule has 1 unspecified atom stereocenters. The summed E-state index contributed by atoms with van der Waals surface area (Å²) in [5, 5.41) is 2.99. The highest BCUT2D eigenvalue weighted by molar-refractivity contribution is 5.78. The molecule has 0 saturated carbocycles. The van der Waals surface area contributed by atoms with Gasteiger partial charge in [0, 0.05) is 45.1 Å². The second kappa shape index (κ2) is 8.31. The molecule has 0 spiro atoms. The summed E-state index contributed by atoms with van der Waals surface area (Å²) < 4.78 is 7.50. The summed E-state index contributed by atoms with van der Waals surface area (Å²) in [6.45, 7) is 10.0. The first-order valence-electron chi connectivity index (χ1n) is 8.93. The number of carbonyl (C=O) groups excluding carboxylic acids is 1. The fraction of sp³-hybridized carbons (Fsp3) is 0.556. The number of hydrogen-bond donors (Lipinski definition) is 1. The van der Waals surface area contributed by atoms with Crippen molar-refractivity contribution >= 4 is 5.91 Å². The highest BCUT2D eigenvalue weighted by Crippen LogP contribution is 2.12. The third-order valence-corrected chi connectivity index (χ3v) is 4.69. The van der Waals surface area contributed by atoms with Gasteiger partial charge in [0.1, 0.15) is 11.6 Å². The van der Waals surface area contributed by atoms with E-state index in [1.807, 2.05) is 31.5 Å². The molecule has 1 saturated heterocycles. The molecule has 1 atom stereocenters. The van der Waals surface area contributed by atoms with E-state index in [2.05, 4.69) is 31.6 Å². The smallest absolute Gasteiger partial charge is 0.234 e. The first-order valence-corrected chi connectivity index (χ1v) is 8.93. The van der Waals surface area contributed by atoms with E-state index in [1.54, 1.807) is 6.26 Å². The summed E-state index contributed by atoms with van der Waals surface area (Å²) in [4.78, 5) is 21.3. The monoisotopic (exact) mass is 345 g/mol. The van der Waals surface area contributed by atoms with Crippen molar-refractivity contribution in [1.82, 2.24) is 24.7 Å². The van der Waals surface area contributed by atoms with Crippen LogP contribution in [0.5, 0.6) is 0 Å². The Hall–Kier alpha value is -2.12. The summed E-state index contributed by atoms with van der Waals surface area (Å²) >= 11 is 0. The van der Waals surface area contributed by atoms with Crippen molar-refractivity contribution in [2.75, 3.05) is 32.7 Å². The topological polar surface area (TPSA) is 66.5 Å². The number of aryl methyl sites for hydroxylation is 1. The van der Waals surface area contributed by atoms with Gasteiger partial charge in [-0.2, -0.15) is 0 Å². The Morgan fingerprint density at radius 1 is 1.32 bits per heavy atom. The second-order valence-corrected chi connectivity index (χ2v) is 6.49. The zero-order valence-electron chi connectivity index (χ0n) is 15.0. The molecule has 2 aromatic heterocycles. The maximum atomic E-state index is 12.2. The number of amides is 1. The van der Waals surface area contributed by atoms with Crippen LogP contribution in [0.15, 0.2) is 35.2 Å². The van der Waals surface area contributed by atoms with Crippen molar-refractivity contribution in [3.05, 3.63) is 42.4 Å². The summed E-state index contributed by atoms with van der Waals surface area (Å²) in [6, 6.07) is 3.61. The van der Waals surface area contributed by atoms with Gasteiger partial charge in [0.2, 0.25) is 5.91 Å². The van der Waals surface area contributed by atoms with Crippen LogP contribution in [0.2, 0.25) is 0 Å². The minimum atomic E-state index is -0.100. The lowest BCUT2D eigenvalue weighted by Crippen LogP contribution is -2.49. The van der Waals surface area contributed by atoms with Gasteiger partial charge < -0.3 is 14.3 Å². The van der Waals surface area contributed by atoms with Gasteiger partial charge in [-0.05, 0) is 26.0 Å². The summed E-state index contributed by atoms with van der Waals surface area (Å²) in [7, 11) is 0. The Kier molecular flexibility index (Phi) is 5.88. The molecule has 1 aliphatic rings. The molecular formula is C18H27N5O2. The first-order chi connectivity index (χ1) is 12.2. The molecular weight excluding hydrogens is 318 g/mol. The Bertz CT molecular complexity index is 659. The highest BCUT2D eigenvalue weighted by Gasteiger charge is 2.21. The SMILES string of the molecule is CCn1ccnc1CN1CCN(CC(=O)NC(C)c2ccco2)CC1. The van der Waals surface area contributed by atoms with Crippen molar-refractivity contribution in [1.29, 1.82) is 0 Å². The third kappa shape index (κ3) is 4.70. The second-order valence-electron chi connectivity index (χ2n) is 6.49. The Morgan fingerprint density at radius 3 is 2.76 bits per heavy atom. The van der Waals surface area contributed by atoms with Crippen LogP contribution in [0.3, 0.4) is 0 Å². The van der Waals surface area contributed by atoms with E-state index in [1.165, 1.54) is 0 Å². The van der Waals surface area contributed by atoms with E-state index < -0.39 is 0 Å². The molecule has 25 heavy (non-hydrogen) atoms. The summed E-state index contributed by atoms with van der Waals surface area (Å²) in [6.07, 6.45) is 5.51. The molecule has 0 aliphatic carbocycles. The van der Waals surface area contributed by atoms with Gasteiger partial charge in [-0.15, -0.1) is 0 Å². The van der Waals surface area contributed by atoms with Crippen LogP contribution in [-0.4, -0.2) is 58.0 Å². The lowest BCUT2D eigenvalue weighted by molar-refractivity contribution is -0.123. The molecule has 3 heterocycles. The van der Waals surface area contributed by atoms with Crippen LogP contribution >= 0.6 is 0 Å². The number of furan rings is 1. The molecule has 1 fully saturated rings. The van der Waals surface area contributed by atoms with Crippen LogP contribution in [0.1, 0.15) is 31.5 Å². The molecule has 2 aromatic rings. The number of aromatic nitrogens is 2. The Morgan fingerprint density at radius 2 is 2.08 bits per heavy atom. The molecule has 0 aromatic carbocycles. The van der Waals surface area contributed by atoms with E-state index in [0.717, 1.165) is 50.9 Å². The molecule has 0 radical (unpaired) electrons. The lowest BCUT2D eigenvalue weighted by atomic mass is 10.2. The normalized spacial score (nSPS) is 17.5. The van der Waals surface area contributed by atoms with Crippen LogP contribution < -0.4 is 5.32 Å². The largest absolute Gasteiger partial charge is 0.467 e. The number of hydrogen-bond acceptors (Lipinski definition) is 5. The summed E-state index contributed by atoms with van der Waals surface area (Å²) in [5.74, 6) is 1.93. The van der Waals surface area contributed by atoms with Gasteiger partial charge in [-0.25, -0.2) is 4.98 Å². The summed E-state index contributed by atoms with van der Waals surface area (Å²) in [5.41, 5.74) is 0. The van der Waals surface area contributed by atoms with Gasteiger partial charge in [-0.1, -0.05) is 0 Å². The molecule has 1 amide bonds. The third-order valence-electron chi connectivity index (χ3n) is 4.69. The Balaban J connectivity index is 1.41. The van der Waals surface area contributed by atoms with Crippen molar-refractivity contribution < 1.29 is 9.21 Å². The van der Waals surface area contributed by atoms with Gasteiger partial charge in [0.15, 0.2) is 0 Å². The minimum Gasteiger partial charge on any atom is -0.467 e. The Labute approximate surface area is 148 Å². The number of rotatable bonds is 7. The fourth-order valence-corrected chi connectivity index (χ4v) is 3.18. The predicted octanol–water partition coefficient (Wildman–Crippen LogP) is 1.49. The number of imidazole rings is 1. The number of carbonyl (C=O) groups is 1. The molecule has 7 heteroatoms. The van der Waals surface area contributed by atoms with Crippen LogP contribution in [0.4, 0.5) is 0 Å². The van der Waals surface area contributed by atoms with Crippen molar-refractivity contribution in [2.24, 2.45) is 0 Å². The first kappa shape index (κ1) is 17.7. The number of nitrogens with zero attached hydrogens (tertiary/aromatic N) is 4. The standard InChI is InChI=1S/C18H27N5O2/c1-3-23-7-6-19-17(23)13-21-8-10-22(11-9-21)14-18(24)20-15(2)16-5-4-12-25-16/h4-7,12,15H,3,8-11,13-14H2,1-2H3,(H,20,24). The molecule has 1 N–H and O–H groups in total. The average Bonchev–Trinajstić information content (AvgIpc) is 3.28. The number of piperazine rings is 1. The fourth-order valence-electron chi connectivity index (χ4n) is 3.18. The number of nitrogens with one attached hydrogen (secondary N) is 1. The maximum absolute atomic E-state index is 12.2. The van der Waals surface area contributed by atoms with Crippen LogP contribution in [-0.2, 0) is 17.9 Å². The van der Waals surface area contributed by atoms with Crippen LogP contribution in [0, 0.1) is 0 Å². The van der Waals surface area contributed by atoms with Crippen molar-refractivity contribution in [3.8, 4) is 0 Å². The van der Waals surface area contributed by atoms with Crippen LogP contribution in [0.25, 0.3) is 0 Å². The van der Waals surface area contributed by atoms with Gasteiger partial charge in [-0.3, -0.25) is 14.6 Å². The zero-order valence-corrected chi connectivity index (χ0v) is 15.0. The van der Waals surface area contributed by atoms with Gasteiger partial charge in [0.05, 0.1) is 25.4 Å². The molecule has 7 nitrogen and oxygen atoms in total. The zero-order chi connectivity index (χ0) is 17.6. The van der Waals surface area contributed by atoms with Gasteiger partial charge >= 0.3 is 0 Å².